The molecule has 2 amide bonds. The zero-order valence-electron chi connectivity index (χ0n) is 18.3. The van der Waals surface area contributed by atoms with Crippen LogP contribution in [-0.4, -0.2) is 52.9 Å². The Morgan fingerprint density at radius 3 is 2.75 bits per heavy atom. The minimum absolute atomic E-state index is 0.0194. The molecule has 1 unspecified atom stereocenters. The van der Waals surface area contributed by atoms with Gasteiger partial charge in [-0.05, 0) is 49.2 Å². The van der Waals surface area contributed by atoms with Gasteiger partial charge in [-0.15, -0.1) is 0 Å². The molecule has 0 spiro atoms. The van der Waals surface area contributed by atoms with Gasteiger partial charge in [-0.1, -0.05) is 6.92 Å². The molecule has 8 heteroatoms. The smallest absolute Gasteiger partial charge is 0.253 e. The zero-order chi connectivity index (χ0) is 22.5. The van der Waals surface area contributed by atoms with E-state index in [-0.39, 0.29) is 17.9 Å². The van der Waals surface area contributed by atoms with Crippen LogP contribution < -0.4 is 15.4 Å². The lowest BCUT2D eigenvalue weighted by Crippen LogP contribution is -2.45. The number of carbonyl (C=O) groups is 2. The van der Waals surface area contributed by atoms with Crippen molar-refractivity contribution >= 4 is 34.4 Å². The van der Waals surface area contributed by atoms with Gasteiger partial charge in [0, 0.05) is 54.5 Å². The highest BCUT2D eigenvalue weighted by molar-refractivity contribution is 5.96. The first-order chi connectivity index (χ1) is 15.6. The van der Waals surface area contributed by atoms with E-state index in [9.17, 15) is 9.59 Å². The Balaban J connectivity index is 1.41. The summed E-state index contributed by atoms with van der Waals surface area (Å²) in [5, 5.41) is 7.12. The number of nitrogens with zero attached hydrogens (tertiary/aromatic N) is 3. The Kier molecular flexibility index (Phi) is 6.49. The van der Waals surface area contributed by atoms with Crippen molar-refractivity contribution in [3.8, 4) is 5.75 Å². The number of likely N-dealkylation sites (tertiary alicyclic amines) is 1. The maximum Gasteiger partial charge on any atom is 0.253 e. The van der Waals surface area contributed by atoms with Crippen LogP contribution in [0.1, 0.15) is 36.5 Å². The molecule has 3 aromatic rings. The molecule has 4 rings (SSSR count). The number of hydrogen-bond acceptors (Lipinski definition) is 6. The molecule has 0 bridgehead atoms. The van der Waals surface area contributed by atoms with Gasteiger partial charge >= 0.3 is 0 Å². The number of anilines is 2. The molecule has 2 heterocycles. The van der Waals surface area contributed by atoms with Gasteiger partial charge in [-0.2, -0.15) is 0 Å². The second-order valence-electron chi connectivity index (χ2n) is 7.83. The second-order valence-corrected chi connectivity index (χ2v) is 7.83. The zero-order valence-corrected chi connectivity index (χ0v) is 18.3. The number of hydrogen-bond donors (Lipinski definition) is 2. The molecule has 2 N–H and O–H groups in total. The normalized spacial score (nSPS) is 15.9. The van der Waals surface area contributed by atoms with E-state index in [2.05, 4.69) is 20.6 Å². The number of ether oxygens (including phenoxy) is 1. The fourth-order valence-corrected chi connectivity index (χ4v) is 3.79. The third kappa shape index (κ3) is 4.96. The average molecular weight is 434 g/mol. The first-order valence-electron chi connectivity index (χ1n) is 10.8. The molecule has 0 aliphatic carbocycles. The van der Waals surface area contributed by atoms with E-state index in [0.717, 1.165) is 29.5 Å². The van der Waals surface area contributed by atoms with Gasteiger partial charge in [0.15, 0.2) is 0 Å². The van der Waals surface area contributed by atoms with Crippen molar-refractivity contribution in [2.75, 3.05) is 30.8 Å². The van der Waals surface area contributed by atoms with Crippen molar-refractivity contribution < 1.29 is 14.3 Å². The van der Waals surface area contributed by atoms with Gasteiger partial charge in [-0.3, -0.25) is 9.59 Å². The van der Waals surface area contributed by atoms with Crippen molar-refractivity contribution in [2.24, 2.45) is 0 Å². The number of amides is 2. The molecule has 1 aromatic heterocycles. The standard InChI is InChI=1S/C24H27N5O3/c1-3-22(30)26-18-9-6-16(7-10-18)23(31)29-12-4-5-19(15-29)27-24-25-14-17-8-11-20(32-2)13-21(17)28-24/h6-11,13-14,19H,3-5,12,15H2,1-2H3,(H,26,30)(H,25,27,28). The summed E-state index contributed by atoms with van der Waals surface area (Å²) in [6, 6.07) is 12.8. The number of methoxy groups -OCH3 is 1. The maximum absolute atomic E-state index is 13.0. The van der Waals surface area contributed by atoms with Gasteiger partial charge in [0.25, 0.3) is 5.91 Å². The SMILES string of the molecule is CCC(=O)Nc1ccc(C(=O)N2CCCC(Nc3ncc4ccc(OC)cc4n3)C2)cc1. The lowest BCUT2D eigenvalue weighted by molar-refractivity contribution is -0.115. The van der Waals surface area contributed by atoms with E-state index in [1.807, 2.05) is 23.1 Å². The number of fused-ring (bicyclic) bond motifs is 1. The van der Waals surface area contributed by atoms with Crippen molar-refractivity contribution in [3.05, 3.63) is 54.2 Å². The fraction of sp³-hybridized carbons (Fsp3) is 0.333. The van der Waals surface area contributed by atoms with Crippen LogP contribution >= 0.6 is 0 Å². The largest absolute Gasteiger partial charge is 0.497 e. The summed E-state index contributed by atoms with van der Waals surface area (Å²) in [6.45, 7) is 3.08. The maximum atomic E-state index is 13.0. The predicted octanol–water partition coefficient (Wildman–Crippen LogP) is 3.70. The number of rotatable bonds is 6. The lowest BCUT2D eigenvalue weighted by atomic mass is 10.0. The molecule has 8 nitrogen and oxygen atoms in total. The molecule has 1 atom stereocenters. The number of aromatic nitrogens is 2. The molecule has 1 fully saturated rings. The van der Waals surface area contributed by atoms with Crippen LogP contribution in [0.25, 0.3) is 10.9 Å². The van der Waals surface area contributed by atoms with E-state index in [1.54, 1.807) is 44.5 Å². The summed E-state index contributed by atoms with van der Waals surface area (Å²) in [4.78, 5) is 35.4. The Morgan fingerprint density at radius 2 is 2.00 bits per heavy atom. The summed E-state index contributed by atoms with van der Waals surface area (Å²) in [5.74, 6) is 1.22. The Morgan fingerprint density at radius 1 is 1.19 bits per heavy atom. The summed E-state index contributed by atoms with van der Waals surface area (Å²) < 4.78 is 5.28. The van der Waals surface area contributed by atoms with E-state index < -0.39 is 0 Å². The minimum Gasteiger partial charge on any atom is -0.497 e. The monoisotopic (exact) mass is 433 g/mol. The molecule has 0 radical (unpaired) electrons. The van der Waals surface area contributed by atoms with Gasteiger partial charge in [-0.25, -0.2) is 9.97 Å². The number of nitrogens with one attached hydrogen (secondary N) is 2. The van der Waals surface area contributed by atoms with Gasteiger partial charge in [0.2, 0.25) is 11.9 Å². The molecular weight excluding hydrogens is 406 g/mol. The van der Waals surface area contributed by atoms with Crippen LogP contribution in [0.2, 0.25) is 0 Å². The quantitative estimate of drug-likeness (QED) is 0.615. The molecule has 1 aliphatic rings. The molecule has 0 saturated carbocycles. The van der Waals surface area contributed by atoms with Gasteiger partial charge < -0.3 is 20.3 Å². The van der Waals surface area contributed by atoms with Crippen LogP contribution in [0.15, 0.2) is 48.7 Å². The van der Waals surface area contributed by atoms with Crippen LogP contribution in [0, 0.1) is 0 Å². The van der Waals surface area contributed by atoms with E-state index in [4.69, 9.17) is 4.74 Å². The molecule has 166 valence electrons. The Bertz CT molecular complexity index is 1120. The predicted molar refractivity (Wildman–Crippen MR) is 124 cm³/mol. The van der Waals surface area contributed by atoms with Crippen LogP contribution in [0.3, 0.4) is 0 Å². The van der Waals surface area contributed by atoms with Crippen molar-refractivity contribution in [1.29, 1.82) is 0 Å². The Labute approximate surface area is 187 Å². The van der Waals surface area contributed by atoms with E-state index in [0.29, 0.717) is 36.7 Å². The van der Waals surface area contributed by atoms with E-state index >= 15 is 0 Å². The van der Waals surface area contributed by atoms with Crippen molar-refractivity contribution in [3.63, 3.8) is 0 Å². The summed E-state index contributed by atoms with van der Waals surface area (Å²) in [5.41, 5.74) is 2.10. The van der Waals surface area contributed by atoms with Gasteiger partial charge in [0.05, 0.1) is 12.6 Å². The summed E-state index contributed by atoms with van der Waals surface area (Å²) in [6.07, 6.45) is 4.03. The molecule has 1 saturated heterocycles. The highest BCUT2D eigenvalue weighted by Crippen LogP contribution is 2.21. The van der Waals surface area contributed by atoms with Crippen molar-refractivity contribution in [1.82, 2.24) is 14.9 Å². The first kappa shape index (κ1) is 21.5. The highest BCUT2D eigenvalue weighted by atomic mass is 16.5. The first-order valence-corrected chi connectivity index (χ1v) is 10.8. The van der Waals surface area contributed by atoms with Crippen LogP contribution in [-0.2, 0) is 4.79 Å². The number of carbonyl (C=O) groups excluding carboxylic acids is 2. The minimum atomic E-state index is -0.0524. The molecular formula is C24H27N5O3. The van der Waals surface area contributed by atoms with Gasteiger partial charge in [0.1, 0.15) is 5.75 Å². The third-order valence-corrected chi connectivity index (χ3v) is 5.57. The van der Waals surface area contributed by atoms with Crippen LogP contribution in [0.5, 0.6) is 5.75 Å². The second kappa shape index (κ2) is 9.64. The summed E-state index contributed by atoms with van der Waals surface area (Å²) in [7, 11) is 1.63. The topological polar surface area (TPSA) is 96.5 Å². The molecule has 1 aliphatic heterocycles. The number of benzene rings is 2. The van der Waals surface area contributed by atoms with Crippen molar-refractivity contribution in [2.45, 2.75) is 32.2 Å². The average Bonchev–Trinajstić information content (AvgIpc) is 2.83. The number of piperidine rings is 1. The summed E-state index contributed by atoms with van der Waals surface area (Å²) >= 11 is 0. The third-order valence-electron chi connectivity index (χ3n) is 5.57. The van der Waals surface area contributed by atoms with E-state index in [1.165, 1.54) is 0 Å². The molecule has 32 heavy (non-hydrogen) atoms. The molecule has 2 aromatic carbocycles. The lowest BCUT2D eigenvalue weighted by Gasteiger charge is -2.33. The Hall–Kier alpha value is -3.68. The highest BCUT2D eigenvalue weighted by Gasteiger charge is 2.25. The fourth-order valence-electron chi connectivity index (χ4n) is 3.79. The van der Waals surface area contributed by atoms with Crippen LogP contribution in [0.4, 0.5) is 11.6 Å².